The summed E-state index contributed by atoms with van der Waals surface area (Å²) in [5, 5.41) is 0. The molecule has 0 aliphatic carbocycles. The molecule has 4 heteroatoms. The van der Waals surface area contributed by atoms with Gasteiger partial charge in [-0.25, -0.2) is 0 Å². The summed E-state index contributed by atoms with van der Waals surface area (Å²) in [7, 11) is 4.05. The van der Waals surface area contributed by atoms with Crippen molar-refractivity contribution in [3.05, 3.63) is 65.2 Å². The van der Waals surface area contributed by atoms with Gasteiger partial charge in [0.1, 0.15) is 6.04 Å². The number of hydrogen-bond acceptors (Lipinski definition) is 3. The standard InChI is InChI=1S/C19H23N3O/c1-21(2)16-9-7-14(8-10-16)13-22-12-11-15-5-3-4-6-17(15)18(22)19(20)23/h3-10,18H,11-13H2,1-2H3,(H2,20,23). The Morgan fingerprint density at radius 2 is 1.87 bits per heavy atom. The molecule has 1 atom stereocenters. The van der Waals surface area contributed by atoms with Crippen molar-refractivity contribution in [3.63, 3.8) is 0 Å². The molecule has 2 aromatic rings. The Hall–Kier alpha value is -2.33. The van der Waals surface area contributed by atoms with Crippen LogP contribution in [-0.2, 0) is 17.8 Å². The second kappa shape index (κ2) is 6.42. The molecule has 1 amide bonds. The van der Waals surface area contributed by atoms with Gasteiger partial charge in [0.05, 0.1) is 0 Å². The summed E-state index contributed by atoms with van der Waals surface area (Å²) in [6.45, 7) is 1.58. The predicted octanol–water partition coefficient (Wildman–Crippen LogP) is 2.34. The Balaban J connectivity index is 1.83. The molecule has 2 aromatic carbocycles. The first-order valence-corrected chi connectivity index (χ1v) is 7.93. The van der Waals surface area contributed by atoms with E-state index in [1.807, 2.05) is 32.3 Å². The van der Waals surface area contributed by atoms with Gasteiger partial charge in [0.25, 0.3) is 0 Å². The van der Waals surface area contributed by atoms with Crippen LogP contribution in [0.3, 0.4) is 0 Å². The van der Waals surface area contributed by atoms with Gasteiger partial charge in [-0.2, -0.15) is 0 Å². The van der Waals surface area contributed by atoms with Crippen molar-refractivity contribution in [2.45, 2.75) is 19.0 Å². The summed E-state index contributed by atoms with van der Waals surface area (Å²) >= 11 is 0. The van der Waals surface area contributed by atoms with Gasteiger partial charge in [0.15, 0.2) is 0 Å². The fourth-order valence-electron chi connectivity index (χ4n) is 3.26. The molecule has 120 valence electrons. The molecule has 4 nitrogen and oxygen atoms in total. The highest BCUT2D eigenvalue weighted by molar-refractivity contribution is 5.82. The van der Waals surface area contributed by atoms with Gasteiger partial charge in [-0.05, 0) is 35.2 Å². The third-order valence-corrected chi connectivity index (χ3v) is 4.49. The lowest BCUT2D eigenvalue weighted by molar-refractivity contribution is -0.124. The van der Waals surface area contributed by atoms with Crippen LogP contribution >= 0.6 is 0 Å². The largest absolute Gasteiger partial charge is 0.378 e. The van der Waals surface area contributed by atoms with Crippen LogP contribution in [0.1, 0.15) is 22.7 Å². The van der Waals surface area contributed by atoms with Crippen LogP contribution < -0.4 is 10.6 Å². The molecule has 0 bridgehead atoms. The van der Waals surface area contributed by atoms with Crippen LogP contribution in [0, 0.1) is 0 Å². The van der Waals surface area contributed by atoms with E-state index >= 15 is 0 Å². The summed E-state index contributed by atoms with van der Waals surface area (Å²) in [5.74, 6) is -0.276. The van der Waals surface area contributed by atoms with Gasteiger partial charge in [0, 0.05) is 32.9 Å². The van der Waals surface area contributed by atoms with Gasteiger partial charge in [0.2, 0.25) is 5.91 Å². The summed E-state index contributed by atoms with van der Waals surface area (Å²) in [5.41, 5.74) is 10.4. The van der Waals surface area contributed by atoms with E-state index in [0.29, 0.717) is 0 Å². The van der Waals surface area contributed by atoms with Gasteiger partial charge in [-0.3, -0.25) is 9.69 Å². The number of hydrogen-bond donors (Lipinski definition) is 1. The zero-order chi connectivity index (χ0) is 16.4. The van der Waals surface area contributed by atoms with E-state index in [-0.39, 0.29) is 11.9 Å². The van der Waals surface area contributed by atoms with E-state index in [0.717, 1.165) is 25.1 Å². The van der Waals surface area contributed by atoms with Crippen molar-refractivity contribution in [3.8, 4) is 0 Å². The molecule has 0 saturated heterocycles. The SMILES string of the molecule is CN(C)c1ccc(CN2CCc3ccccc3C2C(N)=O)cc1. The molecule has 1 heterocycles. The van der Waals surface area contributed by atoms with Crippen LogP contribution in [0.2, 0.25) is 0 Å². The second-order valence-electron chi connectivity index (χ2n) is 6.29. The Morgan fingerprint density at radius 1 is 1.17 bits per heavy atom. The number of carbonyl (C=O) groups is 1. The highest BCUT2D eigenvalue weighted by Crippen LogP contribution is 2.30. The average molecular weight is 309 g/mol. The minimum absolute atomic E-state index is 0.276. The average Bonchev–Trinajstić information content (AvgIpc) is 2.54. The maximum Gasteiger partial charge on any atom is 0.239 e. The van der Waals surface area contributed by atoms with Crippen molar-refractivity contribution in [1.82, 2.24) is 4.90 Å². The molecule has 23 heavy (non-hydrogen) atoms. The molecule has 3 rings (SSSR count). The first-order chi connectivity index (χ1) is 11.1. The molecule has 0 aromatic heterocycles. The number of rotatable bonds is 4. The third-order valence-electron chi connectivity index (χ3n) is 4.49. The zero-order valence-corrected chi connectivity index (χ0v) is 13.7. The lowest BCUT2D eigenvalue weighted by Crippen LogP contribution is -2.42. The second-order valence-corrected chi connectivity index (χ2v) is 6.29. The minimum Gasteiger partial charge on any atom is -0.378 e. The number of amides is 1. The van der Waals surface area contributed by atoms with E-state index in [2.05, 4.69) is 40.1 Å². The van der Waals surface area contributed by atoms with E-state index in [9.17, 15) is 4.79 Å². The molecular formula is C19H23N3O. The monoisotopic (exact) mass is 309 g/mol. The molecular weight excluding hydrogens is 286 g/mol. The third kappa shape index (κ3) is 3.22. The molecule has 1 unspecified atom stereocenters. The van der Waals surface area contributed by atoms with Crippen LogP contribution in [0.15, 0.2) is 48.5 Å². The lowest BCUT2D eigenvalue weighted by Gasteiger charge is -2.35. The van der Waals surface area contributed by atoms with E-state index in [1.165, 1.54) is 16.8 Å². The molecule has 1 aliphatic rings. The molecule has 0 radical (unpaired) electrons. The van der Waals surface area contributed by atoms with Crippen LogP contribution in [0.5, 0.6) is 0 Å². The zero-order valence-electron chi connectivity index (χ0n) is 13.7. The summed E-state index contributed by atoms with van der Waals surface area (Å²) < 4.78 is 0. The summed E-state index contributed by atoms with van der Waals surface area (Å²) in [6.07, 6.45) is 0.954. The smallest absolute Gasteiger partial charge is 0.239 e. The Morgan fingerprint density at radius 3 is 2.52 bits per heavy atom. The molecule has 1 aliphatic heterocycles. The van der Waals surface area contributed by atoms with Gasteiger partial charge in [-0.1, -0.05) is 36.4 Å². The number of carbonyl (C=O) groups excluding carboxylic acids is 1. The Kier molecular flexibility index (Phi) is 4.35. The number of nitrogens with two attached hydrogens (primary N) is 1. The van der Waals surface area contributed by atoms with Crippen LogP contribution in [-0.4, -0.2) is 31.4 Å². The number of primary amides is 1. The maximum atomic E-state index is 12.0. The van der Waals surface area contributed by atoms with Crippen molar-refractivity contribution in [1.29, 1.82) is 0 Å². The van der Waals surface area contributed by atoms with Crippen molar-refractivity contribution < 1.29 is 4.79 Å². The van der Waals surface area contributed by atoms with Gasteiger partial charge >= 0.3 is 0 Å². The fraction of sp³-hybridized carbons (Fsp3) is 0.316. The number of nitrogens with zero attached hydrogens (tertiary/aromatic N) is 2. The van der Waals surface area contributed by atoms with Crippen LogP contribution in [0.25, 0.3) is 0 Å². The van der Waals surface area contributed by atoms with Gasteiger partial charge in [-0.15, -0.1) is 0 Å². The minimum atomic E-state index is -0.339. The van der Waals surface area contributed by atoms with Crippen molar-refractivity contribution >= 4 is 11.6 Å². The first-order valence-electron chi connectivity index (χ1n) is 7.93. The molecule has 2 N–H and O–H groups in total. The number of fused-ring (bicyclic) bond motifs is 1. The highest BCUT2D eigenvalue weighted by Gasteiger charge is 2.31. The Bertz CT molecular complexity index is 694. The molecule has 0 saturated carbocycles. The van der Waals surface area contributed by atoms with Crippen LogP contribution in [0.4, 0.5) is 5.69 Å². The van der Waals surface area contributed by atoms with Gasteiger partial charge < -0.3 is 10.6 Å². The normalized spacial score (nSPS) is 17.6. The molecule has 0 spiro atoms. The maximum absolute atomic E-state index is 12.0. The summed E-state index contributed by atoms with van der Waals surface area (Å²) in [6, 6.07) is 16.2. The van der Waals surface area contributed by atoms with E-state index in [1.54, 1.807) is 0 Å². The molecule has 0 fully saturated rings. The topological polar surface area (TPSA) is 49.6 Å². The highest BCUT2D eigenvalue weighted by atomic mass is 16.1. The fourth-order valence-corrected chi connectivity index (χ4v) is 3.26. The summed E-state index contributed by atoms with van der Waals surface area (Å²) in [4.78, 5) is 16.3. The Labute approximate surface area is 137 Å². The van der Waals surface area contributed by atoms with Crippen molar-refractivity contribution in [2.75, 3.05) is 25.5 Å². The predicted molar refractivity (Wildman–Crippen MR) is 93.3 cm³/mol. The van der Waals surface area contributed by atoms with E-state index < -0.39 is 0 Å². The number of benzene rings is 2. The first kappa shape index (κ1) is 15.6. The number of anilines is 1. The lowest BCUT2D eigenvalue weighted by atomic mass is 9.92. The van der Waals surface area contributed by atoms with E-state index in [4.69, 9.17) is 5.73 Å². The quantitative estimate of drug-likeness (QED) is 0.943. The van der Waals surface area contributed by atoms with Crippen molar-refractivity contribution in [2.24, 2.45) is 5.73 Å².